The molecule has 0 amide bonds. The third kappa shape index (κ3) is 4.63. The van der Waals surface area contributed by atoms with Crippen molar-refractivity contribution in [2.45, 2.75) is 6.92 Å². The zero-order valence-electron chi connectivity index (χ0n) is 23.9. The van der Waals surface area contributed by atoms with Crippen LogP contribution in [0.5, 0.6) is 5.75 Å². The number of nitrogens with one attached hydrogen (secondary N) is 1. The summed E-state index contributed by atoms with van der Waals surface area (Å²) in [4.78, 5) is 31.1. The molecule has 4 aromatic carbocycles. The number of carbonyl (C=O) groups is 2. The maximum atomic E-state index is 14.0. The van der Waals surface area contributed by atoms with Gasteiger partial charge in [0, 0.05) is 48.7 Å². The number of ketones is 1. The van der Waals surface area contributed by atoms with Gasteiger partial charge in [-0.1, -0.05) is 35.5 Å². The van der Waals surface area contributed by atoms with Crippen molar-refractivity contribution in [2.24, 2.45) is 0 Å². The monoisotopic (exact) mass is 574 g/mol. The van der Waals surface area contributed by atoms with Crippen molar-refractivity contribution in [2.75, 3.05) is 55.0 Å². The highest BCUT2D eigenvalue weighted by Crippen LogP contribution is 2.46. The summed E-state index contributed by atoms with van der Waals surface area (Å²) in [6.45, 7) is 5.20. The van der Waals surface area contributed by atoms with E-state index in [1.165, 1.54) is 0 Å². The molecule has 9 heteroatoms. The Kier molecular flexibility index (Phi) is 6.69. The lowest BCUT2D eigenvalue weighted by molar-refractivity contribution is 0.0526. The van der Waals surface area contributed by atoms with Crippen LogP contribution in [0.4, 0.5) is 22.7 Å². The second kappa shape index (κ2) is 10.8. The highest BCUT2D eigenvalue weighted by molar-refractivity contribution is 6.28. The number of hydrogen-bond acceptors (Lipinski definition) is 9. The van der Waals surface area contributed by atoms with Gasteiger partial charge in [0.2, 0.25) is 0 Å². The van der Waals surface area contributed by atoms with Crippen molar-refractivity contribution >= 4 is 45.4 Å². The number of esters is 1. The lowest BCUT2D eigenvalue weighted by Crippen LogP contribution is -2.46. The fourth-order valence-corrected chi connectivity index (χ4v) is 5.97. The number of aromatic nitrogens is 1. The normalized spacial score (nSPS) is 14.0. The summed E-state index contributed by atoms with van der Waals surface area (Å²) in [7, 11) is 1.67. The number of fused-ring (bicyclic) bond motifs is 2. The maximum Gasteiger partial charge on any atom is 0.338 e. The molecule has 0 saturated carbocycles. The van der Waals surface area contributed by atoms with E-state index in [2.05, 4.69) is 32.4 Å². The smallest absolute Gasteiger partial charge is 0.338 e. The molecule has 216 valence electrons. The first-order valence-electron chi connectivity index (χ1n) is 14.3. The van der Waals surface area contributed by atoms with Crippen LogP contribution in [0, 0.1) is 0 Å². The average Bonchev–Trinajstić information content (AvgIpc) is 3.50. The van der Waals surface area contributed by atoms with Crippen LogP contribution in [-0.4, -0.2) is 56.8 Å². The quantitative estimate of drug-likeness (QED) is 0.221. The van der Waals surface area contributed by atoms with Gasteiger partial charge in [-0.3, -0.25) is 4.79 Å². The lowest BCUT2D eigenvalue weighted by Gasteiger charge is -2.37. The number of piperazine rings is 1. The van der Waals surface area contributed by atoms with Crippen molar-refractivity contribution in [3.63, 3.8) is 0 Å². The molecule has 1 aliphatic heterocycles. The molecule has 0 radical (unpaired) electrons. The Morgan fingerprint density at radius 3 is 2.42 bits per heavy atom. The van der Waals surface area contributed by atoms with Crippen molar-refractivity contribution in [1.29, 1.82) is 0 Å². The van der Waals surface area contributed by atoms with Gasteiger partial charge < -0.3 is 29.1 Å². The number of methoxy groups -OCH3 is 1. The van der Waals surface area contributed by atoms with Crippen molar-refractivity contribution in [3.05, 3.63) is 95.6 Å². The molecule has 1 aliphatic carbocycles. The topological polar surface area (TPSA) is 97.1 Å². The Labute approximate surface area is 248 Å². The molecule has 5 aromatic rings. The number of carbonyl (C=O) groups excluding carboxylic acids is 2. The van der Waals surface area contributed by atoms with Gasteiger partial charge >= 0.3 is 5.97 Å². The van der Waals surface area contributed by atoms with Crippen LogP contribution in [0.2, 0.25) is 0 Å². The minimum Gasteiger partial charge on any atom is -0.497 e. The Morgan fingerprint density at radius 2 is 1.67 bits per heavy atom. The molecular weight excluding hydrogens is 544 g/mol. The molecule has 1 saturated heterocycles. The van der Waals surface area contributed by atoms with Crippen molar-refractivity contribution in [3.8, 4) is 17.1 Å². The van der Waals surface area contributed by atoms with Crippen molar-refractivity contribution < 1.29 is 23.6 Å². The van der Waals surface area contributed by atoms with E-state index in [1.807, 2.05) is 48.5 Å². The van der Waals surface area contributed by atoms with Crippen LogP contribution in [0.1, 0.15) is 33.2 Å². The second-order valence-electron chi connectivity index (χ2n) is 10.5. The van der Waals surface area contributed by atoms with Crippen LogP contribution in [0.15, 0.2) is 83.4 Å². The van der Waals surface area contributed by atoms with E-state index in [0.29, 0.717) is 44.7 Å². The molecule has 7 rings (SSSR count). The lowest BCUT2D eigenvalue weighted by atomic mass is 9.86. The third-order valence-corrected chi connectivity index (χ3v) is 8.09. The molecule has 9 nitrogen and oxygen atoms in total. The molecule has 1 aromatic heterocycles. The van der Waals surface area contributed by atoms with Crippen LogP contribution in [0.3, 0.4) is 0 Å². The zero-order chi connectivity index (χ0) is 29.5. The second-order valence-corrected chi connectivity index (χ2v) is 10.5. The first-order valence-corrected chi connectivity index (χ1v) is 14.3. The Hall–Kier alpha value is -5.31. The Balaban J connectivity index is 1.29. The van der Waals surface area contributed by atoms with E-state index in [0.717, 1.165) is 48.9 Å². The number of nitrogens with zero attached hydrogens (tertiary/aromatic N) is 3. The summed E-state index contributed by atoms with van der Waals surface area (Å²) in [6, 6.07) is 24.6. The van der Waals surface area contributed by atoms with Crippen LogP contribution in [-0.2, 0) is 4.74 Å². The van der Waals surface area contributed by atoms with E-state index >= 15 is 0 Å². The van der Waals surface area contributed by atoms with Gasteiger partial charge in [0.25, 0.3) is 0 Å². The van der Waals surface area contributed by atoms with Gasteiger partial charge in [-0.25, -0.2) is 4.79 Å². The molecule has 0 bridgehead atoms. The highest BCUT2D eigenvalue weighted by Gasteiger charge is 2.34. The molecule has 0 unspecified atom stereocenters. The SMILES string of the molecule is CCOC(=O)c1cccc(Nc2cc(N3CCN(c4ccc(OC)cc4)CC3)c3noc4c3c2C(=O)c2ccccc2-4)c1. The van der Waals surface area contributed by atoms with Gasteiger partial charge in [0.15, 0.2) is 11.5 Å². The number of rotatable bonds is 7. The van der Waals surface area contributed by atoms with E-state index < -0.39 is 5.97 Å². The zero-order valence-corrected chi connectivity index (χ0v) is 23.9. The molecule has 0 spiro atoms. The van der Waals surface area contributed by atoms with E-state index in [9.17, 15) is 9.59 Å². The Morgan fingerprint density at radius 1 is 0.930 bits per heavy atom. The molecule has 0 atom stereocenters. The minimum absolute atomic E-state index is 0.101. The molecule has 43 heavy (non-hydrogen) atoms. The van der Waals surface area contributed by atoms with E-state index in [-0.39, 0.29) is 12.4 Å². The number of ether oxygens (including phenoxy) is 2. The van der Waals surface area contributed by atoms with Crippen LogP contribution < -0.4 is 19.9 Å². The summed E-state index contributed by atoms with van der Waals surface area (Å²) >= 11 is 0. The largest absolute Gasteiger partial charge is 0.497 e. The summed E-state index contributed by atoms with van der Waals surface area (Å²) in [5.74, 6) is 0.917. The average molecular weight is 575 g/mol. The van der Waals surface area contributed by atoms with E-state index in [1.54, 1.807) is 32.2 Å². The predicted octanol–water partition coefficient (Wildman–Crippen LogP) is 6.29. The van der Waals surface area contributed by atoms with Gasteiger partial charge in [0.1, 0.15) is 11.3 Å². The summed E-state index contributed by atoms with van der Waals surface area (Å²) in [6.07, 6.45) is 0. The van der Waals surface area contributed by atoms with Gasteiger partial charge in [-0.15, -0.1) is 0 Å². The highest BCUT2D eigenvalue weighted by atomic mass is 16.5. The summed E-state index contributed by atoms with van der Waals surface area (Å²) in [5.41, 5.74) is 6.23. The molecule has 2 heterocycles. The number of hydrogen-bond donors (Lipinski definition) is 1. The molecule has 1 fully saturated rings. The number of anilines is 4. The van der Waals surface area contributed by atoms with Gasteiger partial charge in [-0.05, 0) is 55.5 Å². The predicted molar refractivity (Wildman–Crippen MR) is 166 cm³/mol. The summed E-state index contributed by atoms with van der Waals surface area (Å²) < 4.78 is 16.5. The molecule has 2 aliphatic rings. The van der Waals surface area contributed by atoms with Crippen molar-refractivity contribution in [1.82, 2.24) is 5.16 Å². The fraction of sp³-hybridized carbons (Fsp3) is 0.206. The minimum atomic E-state index is -0.398. The molecule has 1 N–H and O–H groups in total. The Bertz CT molecular complexity index is 1860. The first kappa shape index (κ1) is 26.6. The summed E-state index contributed by atoms with van der Waals surface area (Å²) in [5, 5.41) is 8.66. The number of benzene rings is 4. The third-order valence-electron chi connectivity index (χ3n) is 8.09. The first-order chi connectivity index (χ1) is 21.1. The standard InChI is InChI=1S/C34H30N4O5/c1-3-42-34(40)21-7-6-8-22(19-21)35-27-20-28(38-17-15-37(16-18-38)23-11-13-24(41-2)14-12-23)31-30-29(27)32(39)25-9-4-5-10-26(25)33(30)43-36-31/h4-14,19-20,35H,3,15-18H2,1-2H3. The fourth-order valence-electron chi connectivity index (χ4n) is 5.97. The van der Waals surface area contributed by atoms with Crippen LogP contribution in [0.25, 0.3) is 22.2 Å². The van der Waals surface area contributed by atoms with E-state index in [4.69, 9.17) is 14.0 Å². The van der Waals surface area contributed by atoms with Gasteiger partial charge in [-0.2, -0.15) is 0 Å². The maximum absolute atomic E-state index is 14.0. The van der Waals surface area contributed by atoms with Gasteiger partial charge in [0.05, 0.1) is 41.6 Å². The van der Waals surface area contributed by atoms with Crippen LogP contribution >= 0.6 is 0 Å². The molecular formula is C34H30N4O5.